The van der Waals surface area contributed by atoms with Crippen molar-refractivity contribution in [1.82, 2.24) is 9.80 Å². The minimum atomic E-state index is -0.810. The number of piperidine rings is 1. The molecule has 1 aliphatic rings. The highest BCUT2D eigenvalue weighted by Gasteiger charge is 2.25. The van der Waals surface area contributed by atoms with Crippen LogP contribution in [-0.4, -0.2) is 59.0 Å². The molecule has 1 N–H and O–H groups in total. The Labute approximate surface area is 121 Å². The third-order valence-electron chi connectivity index (χ3n) is 4.13. The maximum absolute atomic E-state index is 12.3. The van der Waals surface area contributed by atoms with Crippen molar-refractivity contribution in [2.75, 3.05) is 26.2 Å². The maximum atomic E-state index is 12.3. The standard InChI is InChI=1S/C15H28N2O3/c1-11(2)17(9-13(4)15(19)20)10-14(18)16-7-5-12(3)6-8-16/h11-13H,5-10H2,1-4H3,(H,19,20). The fourth-order valence-corrected chi connectivity index (χ4v) is 2.42. The molecular weight excluding hydrogens is 256 g/mol. The van der Waals surface area contributed by atoms with E-state index < -0.39 is 11.9 Å². The number of carboxylic acid groups (broad SMARTS) is 1. The first-order valence-electron chi connectivity index (χ1n) is 7.55. The van der Waals surface area contributed by atoms with E-state index in [4.69, 9.17) is 5.11 Å². The molecule has 1 heterocycles. The van der Waals surface area contributed by atoms with Gasteiger partial charge < -0.3 is 10.0 Å². The quantitative estimate of drug-likeness (QED) is 0.806. The Balaban J connectivity index is 2.52. The van der Waals surface area contributed by atoms with E-state index in [0.29, 0.717) is 19.0 Å². The molecule has 0 aromatic rings. The molecule has 0 aromatic heterocycles. The molecule has 116 valence electrons. The molecular formula is C15H28N2O3. The minimum Gasteiger partial charge on any atom is -0.481 e. The molecule has 1 rings (SSSR count). The third kappa shape index (κ3) is 5.12. The number of aliphatic carboxylic acids is 1. The normalized spacial score (nSPS) is 18.6. The van der Waals surface area contributed by atoms with E-state index in [1.807, 2.05) is 23.6 Å². The predicted octanol–water partition coefficient (Wildman–Crippen LogP) is 1.68. The van der Waals surface area contributed by atoms with Gasteiger partial charge in [-0.15, -0.1) is 0 Å². The molecule has 5 heteroatoms. The Morgan fingerprint density at radius 2 is 1.80 bits per heavy atom. The van der Waals surface area contributed by atoms with E-state index in [2.05, 4.69) is 6.92 Å². The topological polar surface area (TPSA) is 60.9 Å². The summed E-state index contributed by atoms with van der Waals surface area (Å²) < 4.78 is 0. The first-order chi connectivity index (χ1) is 9.31. The van der Waals surface area contributed by atoms with Crippen molar-refractivity contribution in [3.05, 3.63) is 0 Å². The molecule has 1 saturated heterocycles. The van der Waals surface area contributed by atoms with Crippen LogP contribution < -0.4 is 0 Å². The van der Waals surface area contributed by atoms with Gasteiger partial charge in [0.15, 0.2) is 0 Å². The van der Waals surface area contributed by atoms with Crippen LogP contribution in [0.4, 0.5) is 0 Å². The fraction of sp³-hybridized carbons (Fsp3) is 0.867. The van der Waals surface area contributed by atoms with Gasteiger partial charge in [0.1, 0.15) is 0 Å². The minimum absolute atomic E-state index is 0.128. The van der Waals surface area contributed by atoms with Gasteiger partial charge in [-0.1, -0.05) is 13.8 Å². The van der Waals surface area contributed by atoms with Crippen LogP contribution in [0.5, 0.6) is 0 Å². The summed E-state index contributed by atoms with van der Waals surface area (Å²) in [5, 5.41) is 9.00. The van der Waals surface area contributed by atoms with Gasteiger partial charge in [0.05, 0.1) is 12.5 Å². The van der Waals surface area contributed by atoms with Crippen molar-refractivity contribution < 1.29 is 14.7 Å². The zero-order valence-corrected chi connectivity index (χ0v) is 13.1. The first-order valence-corrected chi connectivity index (χ1v) is 7.55. The van der Waals surface area contributed by atoms with Crippen LogP contribution in [0.25, 0.3) is 0 Å². The summed E-state index contributed by atoms with van der Waals surface area (Å²) in [5.41, 5.74) is 0. The number of nitrogens with zero attached hydrogens (tertiary/aromatic N) is 2. The molecule has 0 aliphatic carbocycles. The Morgan fingerprint density at radius 1 is 1.25 bits per heavy atom. The van der Waals surface area contributed by atoms with Gasteiger partial charge in [0, 0.05) is 25.7 Å². The number of carbonyl (C=O) groups excluding carboxylic acids is 1. The van der Waals surface area contributed by atoms with E-state index in [1.165, 1.54) is 0 Å². The van der Waals surface area contributed by atoms with Crippen molar-refractivity contribution in [3.63, 3.8) is 0 Å². The third-order valence-corrected chi connectivity index (χ3v) is 4.13. The van der Waals surface area contributed by atoms with Crippen LogP contribution in [-0.2, 0) is 9.59 Å². The highest BCUT2D eigenvalue weighted by molar-refractivity contribution is 5.78. The van der Waals surface area contributed by atoms with Crippen LogP contribution in [0.1, 0.15) is 40.5 Å². The lowest BCUT2D eigenvalue weighted by atomic mass is 9.99. The van der Waals surface area contributed by atoms with Crippen LogP contribution in [0.3, 0.4) is 0 Å². The lowest BCUT2D eigenvalue weighted by Crippen LogP contribution is -2.47. The maximum Gasteiger partial charge on any atom is 0.307 e. The zero-order chi connectivity index (χ0) is 15.3. The highest BCUT2D eigenvalue weighted by atomic mass is 16.4. The molecule has 0 spiro atoms. The van der Waals surface area contributed by atoms with Gasteiger partial charge >= 0.3 is 5.97 Å². The van der Waals surface area contributed by atoms with Crippen molar-refractivity contribution in [3.8, 4) is 0 Å². The second-order valence-electron chi connectivity index (χ2n) is 6.33. The second-order valence-corrected chi connectivity index (χ2v) is 6.33. The predicted molar refractivity (Wildman–Crippen MR) is 78.5 cm³/mol. The Kier molecular flexibility index (Phi) is 6.46. The number of amides is 1. The van der Waals surface area contributed by atoms with Crippen LogP contribution in [0, 0.1) is 11.8 Å². The van der Waals surface area contributed by atoms with Gasteiger partial charge in [-0.05, 0) is 32.6 Å². The van der Waals surface area contributed by atoms with E-state index in [1.54, 1.807) is 6.92 Å². The molecule has 0 aromatic carbocycles. The molecule has 1 fully saturated rings. The molecule has 1 atom stereocenters. The average Bonchev–Trinajstić information content (AvgIpc) is 2.38. The molecule has 0 saturated carbocycles. The Morgan fingerprint density at radius 3 is 2.25 bits per heavy atom. The Hall–Kier alpha value is -1.10. The summed E-state index contributed by atoms with van der Waals surface area (Å²) in [6, 6.07) is 0.171. The largest absolute Gasteiger partial charge is 0.481 e. The van der Waals surface area contributed by atoms with Crippen molar-refractivity contribution in [2.45, 2.75) is 46.6 Å². The van der Waals surface area contributed by atoms with Crippen molar-refractivity contribution in [1.29, 1.82) is 0 Å². The molecule has 5 nitrogen and oxygen atoms in total. The van der Waals surface area contributed by atoms with E-state index in [0.717, 1.165) is 25.9 Å². The molecule has 0 bridgehead atoms. The summed E-state index contributed by atoms with van der Waals surface area (Å²) in [6.45, 7) is 10.3. The van der Waals surface area contributed by atoms with Gasteiger partial charge in [-0.25, -0.2) is 0 Å². The summed E-state index contributed by atoms with van der Waals surface area (Å²) in [7, 11) is 0. The van der Waals surface area contributed by atoms with Crippen molar-refractivity contribution in [2.24, 2.45) is 11.8 Å². The molecule has 20 heavy (non-hydrogen) atoms. The summed E-state index contributed by atoms with van der Waals surface area (Å²) >= 11 is 0. The number of likely N-dealkylation sites (tertiary alicyclic amines) is 1. The van der Waals surface area contributed by atoms with Crippen LogP contribution >= 0.6 is 0 Å². The zero-order valence-electron chi connectivity index (χ0n) is 13.1. The average molecular weight is 284 g/mol. The number of carbonyl (C=O) groups is 2. The first kappa shape index (κ1) is 17.0. The fourth-order valence-electron chi connectivity index (χ4n) is 2.42. The number of rotatable bonds is 6. The molecule has 1 aliphatic heterocycles. The second kappa shape index (κ2) is 7.62. The number of hydrogen-bond acceptors (Lipinski definition) is 3. The van der Waals surface area contributed by atoms with E-state index >= 15 is 0 Å². The van der Waals surface area contributed by atoms with Gasteiger partial charge in [-0.3, -0.25) is 14.5 Å². The number of hydrogen-bond donors (Lipinski definition) is 1. The van der Waals surface area contributed by atoms with E-state index in [9.17, 15) is 9.59 Å². The lowest BCUT2D eigenvalue weighted by Gasteiger charge is -2.34. The van der Waals surface area contributed by atoms with Crippen molar-refractivity contribution >= 4 is 11.9 Å². The van der Waals surface area contributed by atoms with Gasteiger partial charge in [-0.2, -0.15) is 0 Å². The van der Waals surface area contributed by atoms with Gasteiger partial charge in [0.2, 0.25) is 5.91 Å². The molecule has 1 unspecified atom stereocenters. The van der Waals surface area contributed by atoms with Crippen LogP contribution in [0.2, 0.25) is 0 Å². The summed E-state index contributed by atoms with van der Waals surface area (Å²) in [4.78, 5) is 27.1. The molecule has 1 amide bonds. The SMILES string of the molecule is CC1CCN(C(=O)CN(CC(C)C(=O)O)C(C)C)CC1. The molecule has 0 radical (unpaired) electrons. The Bertz CT molecular complexity index is 336. The smallest absolute Gasteiger partial charge is 0.307 e. The van der Waals surface area contributed by atoms with Crippen LogP contribution in [0.15, 0.2) is 0 Å². The lowest BCUT2D eigenvalue weighted by molar-refractivity contribution is -0.143. The monoisotopic (exact) mass is 284 g/mol. The highest BCUT2D eigenvalue weighted by Crippen LogP contribution is 2.16. The van der Waals surface area contributed by atoms with Gasteiger partial charge in [0.25, 0.3) is 0 Å². The van der Waals surface area contributed by atoms with E-state index in [-0.39, 0.29) is 11.9 Å². The summed E-state index contributed by atoms with van der Waals surface area (Å²) in [5.74, 6) is -0.433. The number of carboxylic acids is 1. The summed E-state index contributed by atoms with van der Waals surface area (Å²) in [6.07, 6.45) is 2.14.